The van der Waals surface area contributed by atoms with Gasteiger partial charge in [-0.05, 0) is 18.3 Å². The van der Waals surface area contributed by atoms with Crippen molar-refractivity contribution in [3.8, 4) is 0 Å². The number of hydrogen-bond donors (Lipinski definition) is 0. The lowest BCUT2D eigenvalue weighted by Gasteiger charge is -2.26. The molecule has 1 nitrogen and oxygen atoms in total. The van der Waals surface area contributed by atoms with E-state index < -0.39 is 0 Å². The third-order valence-electron chi connectivity index (χ3n) is 2.67. The third-order valence-corrected chi connectivity index (χ3v) is 2.67. The molecule has 1 aliphatic rings. The van der Waals surface area contributed by atoms with E-state index in [1.165, 1.54) is 6.42 Å². The van der Waals surface area contributed by atoms with E-state index in [-0.39, 0.29) is 0 Å². The van der Waals surface area contributed by atoms with Gasteiger partial charge in [0.15, 0.2) is 0 Å². The number of hydrogen-bond acceptors (Lipinski definition) is 1. The summed E-state index contributed by atoms with van der Waals surface area (Å²) < 4.78 is 0. The second-order valence-corrected chi connectivity index (χ2v) is 3.43. The molecule has 2 atom stereocenters. The van der Waals surface area contributed by atoms with Gasteiger partial charge in [-0.2, -0.15) is 0 Å². The summed E-state index contributed by atoms with van der Waals surface area (Å²) in [6.07, 6.45) is 4.05. The van der Waals surface area contributed by atoms with Gasteiger partial charge in [0.1, 0.15) is 5.78 Å². The predicted molar refractivity (Wildman–Crippen MR) is 41.8 cm³/mol. The van der Waals surface area contributed by atoms with Crippen molar-refractivity contribution in [3.63, 3.8) is 0 Å². The molecule has 0 spiro atoms. The summed E-state index contributed by atoms with van der Waals surface area (Å²) in [4.78, 5) is 10.9. The summed E-state index contributed by atoms with van der Waals surface area (Å²) >= 11 is 0. The van der Waals surface area contributed by atoms with Crippen LogP contribution in [0.4, 0.5) is 0 Å². The zero-order chi connectivity index (χ0) is 7.56. The molecule has 1 heteroatoms. The van der Waals surface area contributed by atoms with Crippen LogP contribution in [0.25, 0.3) is 0 Å². The average Bonchev–Trinajstić information content (AvgIpc) is 1.88. The molecule has 1 aliphatic carbocycles. The number of carbonyl (C=O) groups is 1. The molecule has 0 saturated heterocycles. The normalized spacial score (nSPS) is 34.4. The summed E-state index contributed by atoms with van der Waals surface area (Å²) in [6, 6.07) is 0. The minimum absolute atomic E-state index is 0.470. The molecule has 0 radical (unpaired) electrons. The van der Waals surface area contributed by atoms with Gasteiger partial charge in [0.05, 0.1) is 0 Å². The molecule has 0 aromatic rings. The van der Waals surface area contributed by atoms with Crippen LogP contribution in [0.1, 0.15) is 39.5 Å². The third kappa shape index (κ3) is 1.59. The second kappa shape index (κ2) is 3.18. The first-order chi connectivity index (χ1) is 4.74. The Balaban J connectivity index is 2.43. The van der Waals surface area contributed by atoms with Crippen molar-refractivity contribution < 1.29 is 4.79 Å². The molecule has 10 heavy (non-hydrogen) atoms. The minimum Gasteiger partial charge on any atom is -0.300 e. The highest BCUT2D eigenvalue weighted by atomic mass is 16.1. The van der Waals surface area contributed by atoms with Gasteiger partial charge in [0.25, 0.3) is 0 Å². The van der Waals surface area contributed by atoms with Crippen molar-refractivity contribution in [2.45, 2.75) is 39.5 Å². The van der Waals surface area contributed by atoms with Gasteiger partial charge in [-0.3, -0.25) is 4.79 Å². The van der Waals surface area contributed by atoms with Crippen molar-refractivity contribution in [2.75, 3.05) is 0 Å². The Morgan fingerprint density at radius 2 is 2.30 bits per heavy atom. The molecule has 0 aromatic heterocycles. The van der Waals surface area contributed by atoms with Gasteiger partial charge in [0, 0.05) is 12.8 Å². The molecule has 0 heterocycles. The maximum Gasteiger partial charge on any atom is 0.133 e. The van der Waals surface area contributed by atoms with Crippen LogP contribution in [0.3, 0.4) is 0 Å². The molecular weight excluding hydrogens is 124 g/mol. The maximum atomic E-state index is 10.9. The molecule has 0 aliphatic heterocycles. The number of Topliss-reactive ketones (excluding diaryl/α,β-unsaturated/α-hetero) is 1. The van der Waals surface area contributed by atoms with Crippen LogP contribution in [0.5, 0.6) is 0 Å². The average molecular weight is 140 g/mol. The highest BCUT2D eigenvalue weighted by molar-refractivity contribution is 5.79. The summed E-state index contributed by atoms with van der Waals surface area (Å²) in [7, 11) is 0. The van der Waals surface area contributed by atoms with Crippen molar-refractivity contribution in [1.82, 2.24) is 0 Å². The van der Waals surface area contributed by atoms with Gasteiger partial charge in [-0.15, -0.1) is 0 Å². The molecule has 0 amide bonds. The Labute approximate surface area is 62.8 Å². The summed E-state index contributed by atoms with van der Waals surface area (Å²) in [5.41, 5.74) is 0. The molecule has 1 rings (SSSR count). The molecule has 1 fully saturated rings. The minimum atomic E-state index is 0.470. The van der Waals surface area contributed by atoms with Crippen LogP contribution < -0.4 is 0 Å². The first-order valence-electron chi connectivity index (χ1n) is 4.25. The predicted octanol–water partition coefficient (Wildman–Crippen LogP) is 2.40. The number of carbonyl (C=O) groups excluding carboxylic acids is 1. The SMILES string of the molecule is CC[C@@H]1CCC(=O)C[C@@H]1C. The van der Waals surface area contributed by atoms with E-state index in [2.05, 4.69) is 13.8 Å². The van der Waals surface area contributed by atoms with Crippen molar-refractivity contribution >= 4 is 5.78 Å². The van der Waals surface area contributed by atoms with E-state index in [1.807, 2.05) is 0 Å². The monoisotopic (exact) mass is 140 g/mol. The van der Waals surface area contributed by atoms with Crippen LogP contribution in [-0.2, 0) is 4.79 Å². The highest BCUT2D eigenvalue weighted by Crippen LogP contribution is 2.29. The Bertz CT molecular complexity index is 129. The van der Waals surface area contributed by atoms with E-state index in [9.17, 15) is 4.79 Å². The molecule has 0 unspecified atom stereocenters. The second-order valence-electron chi connectivity index (χ2n) is 3.43. The lowest BCUT2D eigenvalue weighted by Crippen LogP contribution is -2.21. The zero-order valence-electron chi connectivity index (χ0n) is 6.89. The first-order valence-corrected chi connectivity index (χ1v) is 4.25. The van der Waals surface area contributed by atoms with Crippen LogP contribution >= 0.6 is 0 Å². The fourth-order valence-electron chi connectivity index (χ4n) is 1.87. The van der Waals surface area contributed by atoms with Crippen LogP contribution in [0.15, 0.2) is 0 Å². The molecule has 1 saturated carbocycles. The molecule has 0 N–H and O–H groups in total. The molecular formula is C9H16O. The fraction of sp³-hybridized carbons (Fsp3) is 0.889. The van der Waals surface area contributed by atoms with Crippen molar-refractivity contribution in [2.24, 2.45) is 11.8 Å². The van der Waals surface area contributed by atoms with E-state index in [0.29, 0.717) is 11.7 Å². The standard InChI is InChI=1S/C9H16O/c1-3-8-4-5-9(10)6-7(8)2/h7-8H,3-6H2,1-2H3/t7-,8+/m0/s1. The fourth-order valence-corrected chi connectivity index (χ4v) is 1.87. The van der Waals surface area contributed by atoms with Crippen LogP contribution in [-0.4, -0.2) is 5.78 Å². The van der Waals surface area contributed by atoms with E-state index in [4.69, 9.17) is 0 Å². The molecule has 0 bridgehead atoms. The quantitative estimate of drug-likeness (QED) is 0.546. The largest absolute Gasteiger partial charge is 0.300 e. The van der Waals surface area contributed by atoms with Gasteiger partial charge in [-0.25, -0.2) is 0 Å². The van der Waals surface area contributed by atoms with Crippen molar-refractivity contribution in [1.29, 1.82) is 0 Å². The topological polar surface area (TPSA) is 17.1 Å². The van der Waals surface area contributed by atoms with Gasteiger partial charge >= 0.3 is 0 Å². The Hall–Kier alpha value is -0.330. The Morgan fingerprint density at radius 3 is 2.80 bits per heavy atom. The number of rotatable bonds is 1. The Morgan fingerprint density at radius 1 is 1.60 bits per heavy atom. The smallest absolute Gasteiger partial charge is 0.133 e. The van der Waals surface area contributed by atoms with Crippen LogP contribution in [0.2, 0.25) is 0 Å². The summed E-state index contributed by atoms with van der Waals surface area (Å²) in [5.74, 6) is 1.93. The Kier molecular flexibility index (Phi) is 2.47. The van der Waals surface area contributed by atoms with E-state index in [1.54, 1.807) is 0 Å². The highest BCUT2D eigenvalue weighted by Gasteiger charge is 2.23. The molecule has 0 aromatic carbocycles. The number of ketones is 1. The maximum absolute atomic E-state index is 10.9. The van der Waals surface area contributed by atoms with Gasteiger partial charge < -0.3 is 0 Å². The van der Waals surface area contributed by atoms with E-state index in [0.717, 1.165) is 25.2 Å². The molecule has 58 valence electrons. The first kappa shape index (κ1) is 7.77. The van der Waals surface area contributed by atoms with Crippen LogP contribution in [0, 0.1) is 11.8 Å². The summed E-state index contributed by atoms with van der Waals surface area (Å²) in [6.45, 7) is 4.42. The summed E-state index contributed by atoms with van der Waals surface area (Å²) in [5, 5.41) is 0. The van der Waals surface area contributed by atoms with Gasteiger partial charge in [0.2, 0.25) is 0 Å². The lowest BCUT2D eigenvalue weighted by molar-refractivity contribution is -0.122. The van der Waals surface area contributed by atoms with E-state index >= 15 is 0 Å². The zero-order valence-corrected chi connectivity index (χ0v) is 6.89. The lowest BCUT2D eigenvalue weighted by atomic mass is 9.78. The van der Waals surface area contributed by atoms with Crippen molar-refractivity contribution in [3.05, 3.63) is 0 Å². The van der Waals surface area contributed by atoms with Gasteiger partial charge in [-0.1, -0.05) is 20.3 Å².